The first kappa shape index (κ1) is 13.4. The molecule has 0 bridgehead atoms. The lowest BCUT2D eigenvalue weighted by Crippen LogP contribution is -2.26. The maximum absolute atomic E-state index is 11.6. The Kier molecular flexibility index (Phi) is 5.09. The van der Waals surface area contributed by atoms with E-state index in [1.165, 1.54) is 6.08 Å². The molecule has 0 aliphatic heterocycles. The molecule has 0 aliphatic carbocycles. The van der Waals surface area contributed by atoms with Crippen molar-refractivity contribution in [2.45, 2.75) is 5.51 Å². The zero-order valence-electron chi connectivity index (χ0n) is 7.08. The Balaban J connectivity index is 3.85. The number of hydrogen-bond acceptors (Lipinski definition) is 4. The lowest BCUT2D eigenvalue weighted by molar-refractivity contribution is -0.0553. The predicted molar refractivity (Wildman–Crippen MR) is 41.9 cm³/mol. The van der Waals surface area contributed by atoms with Crippen molar-refractivity contribution in [3.63, 3.8) is 0 Å². The van der Waals surface area contributed by atoms with Gasteiger partial charge < -0.3 is 4.74 Å². The molecule has 0 amide bonds. The van der Waals surface area contributed by atoms with Crippen molar-refractivity contribution in [1.82, 2.24) is 0 Å². The van der Waals surface area contributed by atoms with Crippen LogP contribution in [0.2, 0.25) is 0 Å². The van der Waals surface area contributed by atoms with Crippen LogP contribution in [0.15, 0.2) is 12.7 Å². The highest BCUT2D eigenvalue weighted by Gasteiger charge is 2.47. The van der Waals surface area contributed by atoms with Crippen LogP contribution in [0.4, 0.5) is 13.2 Å². The van der Waals surface area contributed by atoms with Crippen LogP contribution >= 0.6 is 0 Å². The van der Waals surface area contributed by atoms with Crippen LogP contribution in [0.25, 0.3) is 0 Å². The van der Waals surface area contributed by atoms with E-state index >= 15 is 0 Å². The fraction of sp³-hybridized carbons (Fsp3) is 0.667. The van der Waals surface area contributed by atoms with E-state index in [4.69, 9.17) is 0 Å². The van der Waals surface area contributed by atoms with Gasteiger partial charge in [0.15, 0.2) is 0 Å². The molecule has 0 saturated heterocycles. The normalized spacial score (nSPS) is 12.8. The van der Waals surface area contributed by atoms with Crippen LogP contribution in [0.5, 0.6) is 0 Å². The fourth-order valence-corrected chi connectivity index (χ4v) is 0.857. The van der Waals surface area contributed by atoms with Crippen molar-refractivity contribution in [3.05, 3.63) is 12.7 Å². The molecule has 0 saturated carbocycles. The third kappa shape index (κ3) is 4.58. The summed E-state index contributed by atoms with van der Waals surface area (Å²) in [7, 11) is -5.49. The first-order chi connectivity index (χ1) is 6.31. The largest absolute Gasteiger partial charge is 0.523 e. The fourth-order valence-electron chi connectivity index (χ4n) is 0.436. The monoisotopic (exact) mass is 234 g/mol. The second-order valence-electron chi connectivity index (χ2n) is 2.09. The molecule has 0 aliphatic rings. The van der Waals surface area contributed by atoms with Crippen molar-refractivity contribution in [3.8, 4) is 0 Å². The predicted octanol–water partition coefficient (Wildman–Crippen LogP) is 1.06. The molecule has 0 spiro atoms. The molecule has 0 radical (unpaired) electrons. The molecule has 8 heteroatoms. The van der Waals surface area contributed by atoms with Gasteiger partial charge in [0, 0.05) is 0 Å². The molecule has 0 aromatic rings. The minimum absolute atomic E-state index is 0.120. The quantitative estimate of drug-likeness (QED) is 0.298. The highest BCUT2D eigenvalue weighted by Crippen LogP contribution is 2.24. The number of rotatable bonds is 6. The molecule has 0 unspecified atom stereocenters. The van der Waals surface area contributed by atoms with Crippen LogP contribution in [-0.2, 0) is 19.0 Å². The van der Waals surface area contributed by atoms with Gasteiger partial charge in [-0.15, -0.1) is 6.58 Å². The summed E-state index contributed by atoms with van der Waals surface area (Å²) in [6.45, 7) is 2.48. The third-order valence-electron chi connectivity index (χ3n) is 0.985. The maximum atomic E-state index is 11.6. The molecule has 0 heterocycles. The Morgan fingerprint density at radius 3 is 2.29 bits per heavy atom. The smallest absolute Gasteiger partial charge is 0.375 e. The van der Waals surface area contributed by atoms with Gasteiger partial charge in [-0.05, 0) is 0 Å². The van der Waals surface area contributed by atoms with E-state index < -0.39 is 22.2 Å². The minimum Gasteiger partial charge on any atom is -0.375 e. The van der Waals surface area contributed by atoms with Crippen LogP contribution < -0.4 is 0 Å². The number of halogens is 3. The highest BCUT2D eigenvalue weighted by molar-refractivity contribution is 7.87. The van der Waals surface area contributed by atoms with E-state index in [1.54, 1.807) is 0 Å². The van der Waals surface area contributed by atoms with E-state index in [0.29, 0.717) is 0 Å². The summed E-state index contributed by atoms with van der Waals surface area (Å²) in [6.07, 6.45) is 1.37. The molecule has 0 aromatic heterocycles. The standard InChI is InChI=1S/C6H9F3O4S/c1-2-3-12-4-5-13-14(10,11)6(7,8)9/h2H,1,3-5H2. The van der Waals surface area contributed by atoms with Gasteiger partial charge in [0.05, 0.1) is 19.8 Å². The maximum Gasteiger partial charge on any atom is 0.523 e. The summed E-state index contributed by atoms with van der Waals surface area (Å²) in [5, 5.41) is 0. The molecule has 0 N–H and O–H groups in total. The second-order valence-corrected chi connectivity index (χ2v) is 3.69. The number of hydrogen-bond donors (Lipinski definition) is 0. The minimum atomic E-state index is -5.49. The lowest BCUT2D eigenvalue weighted by atomic mass is 10.7. The van der Waals surface area contributed by atoms with E-state index in [9.17, 15) is 21.6 Å². The van der Waals surface area contributed by atoms with Crippen molar-refractivity contribution in [1.29, 1.82) is 0 Å². The summed E-state index contributed by atoms with van der Waals surface area (Å²) < 4.78 is 63.7. The van der Waals surface area contributed by atoms with Crippen LogP contribution in [0, 0.1) is 0 Å². The topological polar surface area (TPSA) is 52.6 Å². The van der Waals surface area contributed by atoms with Gasteiger partial charge in [0.1, 0.15) is 0 Å². The van der Waals surface area contributed by atoms with Crippen LogP contribution in [-0.4, -0.2) is 33.7 Å². The lowest BCUT2D eigenvalue weighted by Gasteiger charge is -2.07. The van der Waals surface area contributed by atoms with Gasteiger partial charge in [-0.25, -0.2) is 0 Å². The van der Waals surface area contributed by atoms with Crippen LogP contribution in [0.3, 0.4) is 0 Å². The average molecular weight is 234 g/mol. The Morgan fingerprint density at radius 1 is 1.29 bits per heavy atom. The zero-order chi connectivity index (χ0) is 11.2. The molecule has 0 atom stereocenters. The van der Waals surface area contributed by atoms with Gasteiger partial charge in [-0.3, -0.25) is 4.18 Å². The van der Waals surface area contributed by atoms with Crippen molar-refractivity contribution in [2.24, 2.45) is 0 Å². The Bertz CT molecular complexity index is 269. The molecule has 4 nitrogen and oxygen atoms in total. The van der Waals surface area contributed by atoms with Gasteiger partial charge in [0.25, 0.3) is 0 Å². The molecule has 84 valence electrons. The summed E-state index contributed by atoms with van der Waals surface area (Å²) in [6, 6.07) is 0. The number of alkyl halides is 3. The number of ether oxygens (including phenoxy) is 1. The zero-order valence-corrected chi connectivity index (χ0v) is 7.90. The molecule has 0 aromatic carbocycles. The summed E-state index contributed by atoms with van der Waals surface area (Å²) in [4.78, 5) is 0. The van der Waals surface area contributed by atoms with Gasteiger partial charge in [-0.1, -0.05) is 6.08 Å². The van der Waals surface area contributed by atoms with Crippen LogP contribution in [0.1, 0.15) is 0 Å². The van der Waals surface area contributed by atoms with Crippen molar-refractivity contribution >= 4 is 10.1 Å². The van der Waals surface area contributed by atoms with Gasteiger partial charge in [0.2, 0.25) is 0 Å². The Morgan fingerprint density at radius 2 is 1.86 bits per heavy atom. The van der Waals surface area contributed by atoms with E-state index in [2.05, 4.69) is 15.5 Å². The van der Waals surface area contributed by atoms with Gasteiger partial charge in [-0.2, -0.15) is 21.6 Å². The average Bonchev–Trinajstić information content (AvgIpc) is 2.02. The van der Waals surface area contributed by atoms with E-state index in [-0.39, 0.29) is 13.2 Å². The van der Waals surface area contributed by atoms with E-state index in [0.717, 1.165) is 0 Å². The molecular weight excluding hydrogens is 225 g/mol. The Labute approximate surface area is 79.4 Å². The first-order valence-corrected chi connectivity index (χ1v) is 4.86. The third-order valence-corrected chi connectivity index (χ3v) is 2.03. The van der Waals surface area contributed by atoms with Crippen molar-refractivity contribution < 1.29 is 30.5 Å². The van der Waals surface area contributed by atoms with Gasteiger partial charge >= 0.3 is 15.6 Å². The molecule has 0 rings (SSSR count). The summed E-state index contributed by atoms with van der Waals surface area (Å²) in [5.41, 5.74) is -5.38. The summed E-state index contributed by atoms with van der Waals surface area (Å²) in [5.74, 6) is 0. The SMILES string of the molecule is C=CCOCCOS(=O)(=O)C(F)(F)F. The van der Waals surface area contributed by atoms with E-state index in [1.807, 2.05) is 0 Å². The molecular formula is C6H9F3O4S. The first-order valence-electron chi connectivity index (χ1n) is 3.45. The molecule has 0 fully saturated rings. The molecule has 14 heavy (non-hydrogen) atoms. The Hall–Kier alpha value is -0.600. The van der Waals surface area contributed by atoms with Crippen molar-refractivity contribution in [2.75, 3.05) is 19.8 Å². The summed E-state index contributed by atoms with van der Waals surface area (Å²) >= 11 is 0. The highest BCUT2D eigenvalue weighted by atomic mass is 32.2. The second kappa shape index (κ2) is 5.32.